The second-order valence-corrected chi connectivity index (χ2v) is 3.31. The minimum Gasteiger partial charge on any atom is -0.493 e. The van der Waals surface area contributed by atoms with Crippen molar-refractivity contribution < 1.29 is 18.3 Å². The van der Waals surface area contributed by atoms with Crippen LogP contribution in [0.4, 0.5) is 8.78 Å². The highest BCUT2D eigenvalue weighted by atomic mass is 19.3. The third-order valence-corrected chi connectivity index (χ3v) is 2.16. The van der Waals surface area contributed by atoms with Crippen LogP contribution in [0.2, 0.25) is 0 Å². The summed E-state index contributed by atoms with van der Waals surface area (Å²) < 4.78 is 30.3. The number of aryl methyl sites for hydroxylation is 1. The molecule has 16 heavy (non-hydrogen) atoms. The van der Waals surface area contributed by atoms with Crippen LogP contribution in [0.25, 0.3) is 0 Å². The second kappa shape index (κ2) is 6.20. The molecule has 0 unspecified atom stereocenters. The van der Waals surface area contributed by atoms with E-state index in [0.29, 0.717) is 19.4 Å². The van der Waals surface area contributed by atoms with Crippen molar-refractivity contribution in [1.82, 2.24) is 0 Å². The summed E-state index contributed by atoms with van der Waals surface area (Å²) in [7, 11) is 0. The van der Waals surface area contributed by atoms with Gasteiger partial charge in [0.25, 0.3) is 6.43 Å². The number of hydrogen-bond acceptors (Lipinski definition) is 2. The van der Waals surface area contributed by atoms with Crippen LogP contribution in [0.15, 0.2) is 18.2 Å². The first kappa shape index (κ1) is 12.6. The van der Waals surface area contributed by atoms with E-state index in [0.717, 1.165) is 11.8 Å². The standard InChI is InChI=1S/C12H14F2O2/c1-2-16-11-8-9(4-3-7-15)5-6-10(11)12(13)14/h5-8,12H,2-4H2,1H3. The lowest BCUT2D eigenvalue weighted by Crippen LogP contribution is -1.99. The zero-order valence-electron chi connectivity index (χ0n) is 9.08. The molecule has 0 saturated carbocycles. The number of hydrogen-bond donors (Lipinski definition) is 0. The van der Waals surface area contributed by atoms with Crippen molar-refractivity contribution in [3.8, 4) is 5.75 Å². The van der Waals surface area contributed by atoms with Crippen LogP contribution in [0.5, 0.6) is 5.75 Å². The van der Waals surface area contributed by atoms with Crippen molar-refractivity contribution >= 4 is 6.29 Å². The van der Waals surface area contributed by atoms with Crippen LogP contribution < -0.4 is 4.74 Å². The molecular formula is C12H14F2O2. The summed E-state index contributed by atoms with van der Waals surface area (Å²) in [6.45, 7) is 2.09. The average molecular weight is 228 g/mol. The minimum atomic E-state index is -2.54. The molecule has 0 heterocycles. The van der Waals surface area contributed by atoms with Gasteiger partial charge in [-0.3, -0.25) is 0 Å². The number of carbonyl (C=O) groups is 1. The SMILES string of the molecule is CCOc1cc(CCC=O)ccc1C(F)F. The van der Waals surface area contributed by atoms with Gasteiger partial charge in [-0.1, -0.05) is 6.07 Å². The zero-order valence-corrected chi connectivity index (χ0v) is 9.08. The van der Waals surface area contributed by atoms with Gasteiger partial charge in [-0.05, 0) is 31.0 Å². The molecule has 0 aromatic heterocycles. The van der Waals surface area contributed by atoms with E-state index in [2.05, 4.69) is 0 Å². The lowest BCUT2D eigenvalue weighted by molar-refractivity contribution is -0.107. The van der Waals surface area contributed by atoms with Crippen molar-refractivity contribution in [1.29, 1.82) is 0 Å². The van der Waals surface area contributed by atoms with Gasteiger partial charge in [0.15, 0.2) is 0 Å². The van der Waals surface area contributed by atoms with Gasteiger partial charge in [-0.15, -0.1) is 0 Å². The Hall–Kier alpha value is -1.45. The number of halogens is 2. The van der Waals surface area contributed by atoms with Crippen LogP contribution in [0.3, 0.4) is 0 Å². The fourth-order valence-corrected chi connectivity index (χ4v) is 1.42. The highest BCUT2D eigenvalue weighted by Gasteiger charge is 2.14. The van der Waals surface area contributed by atoms with E-state index in [4.69, 9.17) is 4.74 Å². The van der Waals surface area contributed by atoms with E-state index in [1.54, 1.807) is 19.1 Å². The topological polar surface area (TPSA) is 26.3 Å². The maximum Gasteiger partial charge on any atom is 0.267 e. The smallest absolute Gasteiger partial charge is 0.267 e. The molecule has 1 rings (SSSR count). The molecular weight excluding hydrogens is 214 g/mol. The van der Waals surface area contributed by atoms with Gasteiger partial charge in [0.05, 0.1) is 12.2 Å². The molecule has 0 bridgehead atoms. The van der Waals surface area contributed by atoms with Crippen LogP contribution in [-0.4, -0.2) is 12.9 Å². The molecule has 1 aromatic rings. The third-order valence-electron chi connectivity index (χ3n) is 2.16. The number of carbonyl (C=O) groups excluding carboxylic acids is 1. The van der Waals surface area contributed by atoms with E-state index in [-0.39, 0.29) is 11.3 Å². The molecule has 4 heteroatoms. The number of ether oxygens (including phenoxy) is 1. The summed E-state index contributed by atoms with van der Waals surface area (Å²) in [4.78, 5) is 10.2. The van der Waals surface area contributed by atoms with Gasteiger partial charge in [-0.25, -0.2) is 8.78 Å². The zero-order chi connectivity index (χ0) is 12.0. The second-order valence-electron chi connectivity index (χ2n) is 3.31. The van der Waals surface area contributed by atoms with E-state index < -0.39 is 6.43 Å². The lowest BCUT2D eigenvalue weighted by Gasteiger charge is -2.11. The van der Waals surface area contributed by atoms with Gasteiger partial charge in [0, 0.05) is 6.42 Å². The predicted molar refractivity (Wildman–Crippen MR) is 57.0 cm³/mol. The molecule has 0 amide bonds. The summed E-state index contributed by atoms with van der Waals surface area (Å²) in [5.41, 5.74) is 0.733. The minimum absolute atomic E-state index is 0.100. The van der Waals surface area contributed by atoms with Gasteiger partial charge in [0.2, 0.25) is 0 Å². The summed E-state index contributed by atoms with van der Waals surface area (Å²) >= 11 is 0. The predicted octanol–water partition coefficient (Wildman–Crippen LogP) is 3.15. The molecule has 0 aliphatic heterocycles. The Morgan fingerprint density at radius 3 is 2.75 bits per heavy atom. The molecule has 0 N–H and O–H groups in total. The Labute approximate surface area is 93.2 Å². The molecule has 0 saturated heterocycles. The van der Waals surface area contributed by atoms with Crippen molar-refractivity contribution in [3.63, 3.8) is 0 Å². The van der Waals surface area contributed by atoms with E-state index in [9.17, 15) is 13.6 Å². The molecule has 0 spiro atoms. The molecule has 0 radical (unpaired) electrons. The summed E-state index contributed by atoms with van der Waals surface area (Å²) in [5.74, 6) is 0.209. The molecule has 0 aliphatic rings. The first-order valence-electron chi connectivity index (χ1n) is 5.16. The first-order chi connectivity index (χ1) is 7.69. The van der Waals surface area contributed by atoms with Crippen LogP contribution in [-0.2, 0) is 11.2 Å². The van der Waals surface area contributed by atoms with E-state index in [1.807, 2.05) is 0 Å². The van der Waals surface area contributed by atoms with Crippen molar-refractivity contribution in [2.45, 2.75) is 26.2 Å². The maximum atomic E-state index is 12.6. The number of alkyl halides is 2. The quantitative estimate of drug-likeness (QED) is 0.699. The molecule has 1 aromatic carbocycles. The largest absolute Gasteiger partial charge is 0.493 e. The van der Waals surface area contributed by atoms with Crippen LogP contribution in [0.1, 0.15) is 30.9 Å². The lowest BCUT2D eigenvalue weighted by atomic mass is 10.1. The van der Waals surface area contributed by atoms with E-state index in [1.165, 1.54) is 6.07 Å². The number of aldehydes is 1. The van der Waals surface area contributed by atoms with Crippen molar-refractivity contribution in [3.05, 3.63) is 29.3 Å². The van der Waals surface area contributed by atoms with E-state index >= 15 is 0 Å². The monoisotopic (exact) mass is 228 g/mol. The van der Waals surface area contributed by atoms with Gasteiger partial charge in [-0.2, -0.15) is 0 Å². The summed E-state index contributed by atoms with van der Waals surface area (Å²) in [6.07, 6.45) is -0.796. The van der Waals surface area contributed by atoms with Crippen molar-refractivity contribution in [2.24, 2.45) is 0 Å². The number of benzene rings is 1. The maximum absolute atomic E-state index is 12.6. The van der Waals surface area contributed by atoms with Crippen molar-refractivity contribution in [2.75, 3.05) is 6.61 Å². The highest BCUT2D eigenvalue weighted by molar-refractivity contribution is 5.50. The fourth-order valence-electron chi connectivity index (χ4n) is 1.42. The molecule has 0 aliphatic carbocycles. The molecule has 88 valence electrons. The van der Waals surface area contributed by atoms with Crippen LogP contribution in [0, 0.1) is 0 Å². The Morgan fingerprint density at radius 2 is 2.19 bits per heavy atom. The van der Waals surface area contributed by atoms with Gasteiger partial charge >= 0.3 is 0 Å². The average Bonchev–Trinajstić information content (AvgIpc) is 2.26. The summed E-state index contributed by atoms with van der Waals surface area (Å²) in [6, 6.07) is 4.54. The number of rotatable bonds is 6. The Balaban J connectivity index is 2.92. The first-order valence-corrected chi connectivity index (χ1v) is 5.16. The third kappa shape index (κ3) is 3.29. The van der Waals surface area contributed by atoms with Gasteiger partial charge in [0.1, 0.15) is 12.0 Å². The Bertz CT molecular complexity index is 351. The molecule has 2 nitrogen and oxygen atoms in total. The fraction of sp³-hybridized carbons (Fsp3) is 0.417. The Morgan fingerprint density at radius 1 is 1.44 bits per heavy atom. The van der Waals surface area contributed by atoms with Crippen LogP contribution >= 0.6 is 0 Å². The Kier molecular flexibility index (Phi) is 4.89. The highest BCUT2D eigenvalue weighted by Crippen LogP contribution is 2.30. The normalized spacial score (nSPS) is 10.5. The molecule has 0 atom stereocenters. The summed E-state index contributed by atoms with van der Waals surface area (Å²) in [5, 5.41) is 0. The molecule has 0 fully saturated rings. The van der Waals surface area contributed by atoms with Gasteiger partial charge < -0.3 is 9.53 Å².